The van der Waals surface area contributed by atoms with E-state index in [0.717, 1.165) is 54.5 Å². The molecule has 178 valence electrons. The predicted molar refractivity (Wildman–Crippen MR) is 129 cm³/mol. The van der Waals surface area contributed by atoms with Gasteiger partial charge in [0.2, 0.25) is 0 Å². The third-order valence-corrected chi connectivity index (χ3v) is 6.90. The topological polar surface area (TPSA) is 37.2 Å². The number of alkyl halides is 3. The van der Waals surface area contributed by atoms with Crippen molar-refractivity contribution in [1.82, 2.24) is 24.3 Å². The van der Waals surface area contributed by atoms with Crippen molar-refractivity contribution in [2.75, 3.05) is 39.8 Å². The Labute approximate surface area is 196 Å². The maximum atomic E-state index is 14.0. The number of aromatic nitrogens is 3. The summed E-state index contributed by atoms with van der Waals surface area (Å²) in [5, 5.41) is 2.05. The fraction of sp³-hybridized carbons (Fsp3) is 0.385. The van der Waals surface area contributed by atoms with Crippen LogP contribution in [-0.4, -0.2) is 64.1 Å². The summed E-state index contributed by atoms with van der Waals surface area (Å²) in [6, 6.07) is 8.93. The van der Waals surface area contributed by atoms with Crippen molar-refractivity contribution in [3.05, 3.63) is 60.2 Å². The number of piperazine rings is 1. The average Bonchev–Trinajstić information content (AvgIpc) is 3.11. The first kappa shape index (κ1) is 22.8. The van der Waals surface area contributed by atoms with E-state index in [0.29, 0.717) is 24.0 Å². The standard InChI is InChI=1S/C26H28F3N5/c1-32-10-12-34(13-11-32)9-3-4-23-22(26(27,28)29)14-19(16-31-23)18-5-6-20-21-17-30-8-7-24(21)33(2)25(20)15-18/h5-8,14-17H,3-4,9-13H2,1-2H3. The van der Waals surface area contributed by atoms with Crippen LogP contribution < -0.4 is 0 Å². The number of likely N-dealkylation sites (N-methyl/N-ethyl adjacent to an activating group) is 1. The molecule has 5 rings (SSSR count). The van der Waals surface area contributed by atoms with Gasteiger partial charge in [-0.25, -0.2) is 0 Å². The Bertz CT molecular complexity index is 1320. The minimum atomic E-state index is -4.44. The molecule has 0 aliphatic carbocycles. The van der Waals surface area contributed by atoms with Crippen LogP contribution in [0, 0.1) is 0 Å². The fourth-order valence-corrected chi connectivity index (χ4v) is 4.87. The first-order valence-corrected chi connectivity index (χ1v) is 11.6. The van der Waals surface area contributed by atoms with Crippen molar-refractivity contribution in [3.63, 3.8) is 0 Å². The molecule has 3 aromatic heterocycles. The van der Waals surface area contributed by atoms with Gasteiger partial charge in [0.05, 0.1) is 16.8 Å². The highest BCUT2D eigenvalue weighted by Crippen LogP contribution is 2.36. The summed E-state index contributed by atoms with van der Waals surface area (Å²) in [5.41, 5.74) is 2.66. The maximum absolute atomic E-state index is 14.0. The molecule has 0 amide bonds. The molecule has 1 aliphatic heterocycles. The van der Waals surface area contributed by atoms with Gasteiger partial charge in [-0.05, 0) is 50.2 Å². The molecule has 0 N–H and O–H groups in total. The zero-order valence-electron chi connectivity index (χ0n) is 19.4. The molecular weight excluding hydrogens is 439 g/mol. The molecule has 4 aromatic rings. The Morgan fingerprint density at radius 3 is 2.44 bits per heavy atom. The van der Waals surface area contributed by atoms with Crippen LogP contribution >= 0.6 is 0 Å². The van der Waals surface area contributed by atoms with Crippen LogP contribution in [-0.2, 0) is 19.6 Å². The Morgan fingerprint density at radius 2 is 1.68 bits per heavy atom. The number of fused-ring (bicyclic) bond motifs is 3. The molecule has 0 unspecified atom stereocenters. The first-order valence-electron chi connectivity index (χ1n) is 11.6. The van der Waals surface area contributed by atoms with Crippen LogP contribution in [0.4, 0.5) is 13.2 Å². The fourth-order valence-electron chi connectivity index (χ4n) is 4.87. The van der Waals surface area contributed by atoms with E-state index >= 15 is 0 Å². The van der Waals surface area contributed by atoms with Crippen LogP contribution in [0.25, 0.3) is 32.9 Å². The molecule has 0 radical (unpaired) electrons. The van der Waals surface area contributed by atoms with Gasteiger partial charge in [-0.2, -0.15) is 13.2 Å². The van der Waals surface area contributed by atoms with E-state index in [9.17, 15) is 13.2 Å². The number of benzene rings is 1. The number of aryl methyl sites for hydroxylation is 2. The van der Waals surface area contributed by atoms with Crippen LogP contribution in [0.3, 0.4) is 0 Å². The molecule has 34 heavy (non-hydrogen) atoms. The molecule has 5 nitrogen and oxygen atoms in total. The summed E-state index contributed by atoms with van der Waals surface area (Å²) < 4.78 is 43.9. The van der Waals surface area contributed by atoms with Gasteiger partial charge < -0.3 is 14.4 Å². The van der Waals surface area contributed by atoms with E-state index in [-0.39, 0.29) is 5.69 Å². The monoisotopic (exact) mass is 467 g/mol. The molecule has 1 fully saturated rings. The zero-order chi connectivity index (χ0) is 23.9. The minimum absolute atomic E-state index is 0.127. The minimum Gasteiger partial charge on any atom is -0.343 e. The lowest BCUT2D eigenvalue weighted by Gasteiger charge is -2.32. The second-order valence-corrected chi connectivity index (χ2v) is 9.15. The van der Waals surface area contributed by atoms with Gasteiger partial charge in [-0.15, -0.1) is 0 Å². The predicted octanol–water partition coefficient (Wildman–Crippen LogP) is 4.99. The molecule has 1 saturated heterocycles. The lowest BCUT2D eigenvalue weighted by molar-refractivity contribution is -0.138. The van der Waals surface area contributed by atoms with Crippen molar-refractivity contribution in [1.29, 1.82) is 0 Å². The molecule has 0 atom stereocenters. The molecule has 4 heterocycles. The molecular formula is C26H28F3N5. The van der Waals surface area contributed by atoms with Crippen molar-refractivity contribution >= 4 is 21.8 Å². The van der Waals surface area contributed by atoms with E-state index < -0.39 is 11.7 Å². The normalized spacial score (nSPS) is 16.0. The molecule has 8 heteroatoms. The Kier molecular flexibility index (Phi) is 6.04. The summed E-state index contributed by atoms with van der Waals surface area (Å²) in [6.07, 6.45) is 1.67. The molecule has 0 spiro atoms. The summed E-state index contributed by atoms with van der Waals surface area (Å²) in [5.74, 6) is 0. The van der Waals surface area contributed by atoms with Crippen molar-refractivity contribution in [2.45, 2.75) is 19.0 Å². The van der Waals surface area contributed by atoms with Gasteiger partial charge in [-0.1, -0.05) is 12.1 Å². The van der Waals surface area contributed by atoms with Crippen molar-refractivity contribution in [2.24, 2.45) is 7.05 Å². The van der Waals surface area contributed by atoms with Gasteiger partial charge in [-0.3, -0.25) is 9.97 Å². The highest BCUT2D eigenvalue weighted by molar-refractivity contribution is 6.08. The van der Waals surface area contributed by atoms with E-state index in [4.69, 9.17) is 0 Å². The number of halogens is 3. The quantitative estimate of drug-likeness (QED) is 0.415. The SMILES string of the molecule is CN1CCN(CCCc2ncc(-c3ccc4c5cnccc5n(C)c4c3)cc2C(F)(F)F)CC1. The molecule has 1 aromatic carbocycles. The second kappa shape index (κ2) is 9.00. The summed E-state index contributed by atoms with van der Waals surface area (Å²) in [7, 11) is 4.05. The van der Waals surface area contributed by atoms with Crippen LogP contribution in [0.1, 0.15) is 17.7 Å². The van der Waals surface area contributed by atoms with Crippen LogP contribution in [0.5, 0.6) is 0 Å². The van der Waals surface area contributed by atoms with E-state index in [1.807, 2.05) is 42.1 Å². The summed E-state index contributed by atoms with van der Waals surface area (Å²) in [6.45, 7) is 4.71. The number of nitrogens with zero attached hydrogens (tertiary/aromatic N) is 5. The van der Waals surface area contributed by atoms with Crippen molar-refractivity contribution < 1.29 is 13.2 Å². The largest absolute Gasteiger partial charge is 0.418 e. The van der Waals surface area contributed by atoms with Crippen LogP contribution in [0.15, 0.2) is 48.9 Å². The Balaban J connectivity index is 1.42. The lowest BCUT2D eigenvalue weighted by Crippen LogP contribution is -2.44. The third-order valence-electron chi connectivity index (χ3n) is 6.90. The van der Waals surface area contributed by atoms with Gasteiger partial charge in [0, 0.05) is 73.7 Å². The van der Waals surface area contributed by atoms with Gasteiger partial charge >= 0.3 is 6.18 Å². The second-order valence-electron chi connectivity index (χ2n) is 9.15. The number of hydrogen-bond acceptors (Lipinski definition) is 4. The summed E-state index contributed by atoms with van der Waals surface area (Å²) >= 11 is 0. The van der Waals surface area contributed by atoms with Crippen LogP contribution in [0.2, 0.25) is 0 Å². The highest BCUT2D eigenvalue weighted by Gasteiger charge is 2.34. The smallest absolute Gasteiger partial charge is 0.343 e. The maximum Gasteiger partial charge on any atom is 0.418 e. The molecule has 1 aliphatic rings. The van der Waals surface area contributed by atoms with E-state index in [2.05, 4.69) is 26.8 Å². The van der Waals surface area contributed by atoms with Gasteiger partial charge in [0.1, 0.15) is 0 Å². The number of pyridine rings is 2. The highest BCUT2D eigenvalue weighted by atomic mass is 19.4. The van der Waals surface area contributed by atoms with E-state index in [1.54, 1.807) is 12.4 Å². The van der Waals surface area contributed by atoms with Gasteiger partial charge in [0.15, 0.2) is 0 Å². The average molecular weight is 468 g/mol. The Hall–Kier alpha value is -2.97. The first-order chi connectivity index (χ1) is 16.3. The third kappa shape index (κ3) is 4.40. The molecule has 0 saturated carbocycles. The van der Waals surface area contributed by atoms with Gasteiger partial charge in [0.25, 0.3) is 0 Å². The number of hydrogen-bond donors (Lipinski definition) is 0. The zero-order valence-corrected chi connectivity index (χ0v) is 19.4. The Morgan fingerprint density at radius 1 is 0.882 bits per heavy atom. The van der Waals surface area contributed by atoms with E-state index in [1.165, 1.54) is 6.07 Å². The molecule has 0 bridgehead atoms. The number of rotatable bonds is 5. The summed E-state index contributed by atoms with van der Waals surface area (Å²) in [4.78, 5) is 13.1. The van der Waals surface area contributed by atoms with Crippen molar-refractivity contribution in [3.8, 4) is 11.1 Å². The lowest BCUT2D eigenvalue weighted by atomic mass is 10.0.